The predicted octanol–water partition coefficient (Wildman–Crippen LogP) is 3.30. The minimum Gasteiger partial charge on any atom is -0.512 e. The predicted molar refractivity (Wildman–Crippen MR) is 134 cm³/mol. The lowest BCUT2D eigenvalue weighted by atomic mass is 9.46. The third-order valence-corrected chi connectivity index (χ3v) is 9.27. The second kappa shape index (κ2) is 7.95. The van der Waals surface area contributed by atoms with Crippen LogP contribution in [0.15, 0.2) is 41.8 Å². The summed E-state index contributed by atoms with van der Waals surface area (Å²) in [5, 5.41) is 48.4. The van der Waals surface area contributed by atoms with Crippen LogP contribution < -0.4 is 5.32 Å². The molecule has 8 heteroatoms. The maximum Gasteiger partial charge on any atom is 0.256 e. The minimum atomic E-state index is -1.42. The first-order valence-corrected chi connectivity index (χ1v) is 12.8. The highest BCUT2D eigenvalue weighted by Crippen LogP contribution is 2.63. The van der Waals surface area contributed by atoms with E-state index in [1.165, 1.54) is 18.9 Å². The fourth-order valence-electron chi connectivity index (χ4n) is 7.21. The van der Waals surface area contributed by atoms with Crippen molar-refractivity contribution in [1.29, 1.82) is 0 Å². The Morgan fingerprint density at radius 2 is 2.00 bits per heavy atom. The van der Waals surface area contributed by atoms with E-state index in [9.17, 15) is 25.2 Å². The van der Waals surface area contributed by atoms with Gasteiger partial charge in [-0.25, -0.2) is 4.98 Å². The van der Waals surface area contributed by atoms with Gasteiger partial charge in [0.25, 0.3) is 5.91 Å². The number of carbonyl (C=O) groups is 1. The van der Waals surface area contributed by atoms with Crippen molar-refractivity contribution in [3.63, 3.8) is 0 Å². The number of pyridine rings is 1. The molecule has 36 heavy (non-hydrogen) atoms. The number of piperidine rings is 1. The van der Waals surface area contributed by atoms with Crippen molar-refractivity contribution < 1.29 is 25.2 Å². The van der Waals surface area contributed by atoms with Crippen LogP contribution in [0.25, 0.3) is 0 Å². The van der Waals surface area contributed by atoms with Crippen LogP contribution in [-0.2, 0) is 16.6 Å². The number of allylic oxidation sites excluding steroid dienone is 1. The Kier molecular flexibility index (Phi) is 5.15. The number of hydrogen-bond acceptors (Lipinski definition) is 7. The van der Waals surface area contributed by atoms with Crippen molar-refractivity contribution in [1.82, 2.24) is 9.88 Å². The molecule has 1 saturated carbocycles. The molecule has 0 unspecified atom stereocenters. The van der Waals surface area contributed by atoms with Crippen LogP contribution >= 0.6 is 0 Å². The standard InChI is InChI=1S/C28H33N3O5/c1-15-4-3-10-29-25(15)30-26(35)19-13-28(36)21-12-18-7-8-20(32)24(34)22(18)27(28,16(2)23(19)33)9-11-31(21)14-17-5-6-17/h3-4,7-8,10,16-17,21,32-34,36H,5-6,9,11-14H2,1-2H3,(H,29,30,35)/t16-,21+,27+,28+/m0/s1. The molecular weight excluding hydrogens is 458 g/mol. The van der Waals surface area contributed by atoms with Crippen LogP contribution in [-0.4, -0.2) is 60.9 Å². The number of aromatic nitrogens is 1. The number of likely N-dealkylation sites (tertiary alicyclic amines) is 1. The maximum absolute atomic E-state index is 13.5. The summed E-state index contributed by atoms with van der Waals surface area (Å²) in [7, 11) is 0. The number of hydrogen-bond donors (Lipinski definition) is 5. The van der Waals surface area contributed by atoms with Crippen molar-refractivity contribution >= 4 is 11.7 Å². The highest BCUT2D eigenvalue weighted by Gasteiger charge is 2.69. The number of carbonyl (C=O) groups excluding carboxylic acids is 1. The second-order valence-corrected chi connectivity index (χ2v) is 11.2. The van der Waals surface area contributed by atoms with Crippen molar-refractivity contribution in [3.05, 3.63) is 58.5 Å². The molecule has 1 aliphatic heterocycles. The lowest BCUT2D eigenvalue weighted by Gasteiger charge is -2.65. The number of aromatic hydroxyl groups is 2. The Labute approximate surface area is 210 Å². The average Bonchev–Trinajstić information content (AvgIpc) is 3.66. The molecule has 6 rings (SSSR count). The summed E-state index contributed by atoms with van der Waals surface area (Å²) in [5.74, 6) is -0.673. The number of aryl methyl sites for hydroxylation is 1. The van der Waals surface area contributed by atoms with Crippen molar-refractivity contribution in [2.75, 3.05) is 18.4 Å². The Morgan fingerprint density at radius 1 is 1.22 bits per heavy atom. The van der Waals surface area contributed by atoms with Gasteiger partial charge < -0.3 is 25.7 Å². The largest absolute Gasteiger partial charge is 0.512 e. The van der Waals surface area contributed by atoms with Gasteiger partial charge in [0, 0.05) is 42.1 Å². The molecule has 4 aliphatic rings. The first kappa shape index (κ1) is 23.3. The van der Waals surface area contributed by atoms with Crippen LogP contribution in [0.5, 0.6) is 11.5 Å². The fourth-order valence-corrected chi connectivity index (χ4v) is 7.21. The van der Waals surface area contributed by atoms with Crippen LogP contribution in [0.2, 0.25) is 0 Å². The molecule has 5 N–H and O–H groups in total. The van der Waals surface area contributed by atoms with Crippen molar-refractivity contribution in [2.24, 2.45) is 11.8 Å². The number of rotatable bonds is 4. The van der Waals surface area contributed by atoms with E-state index in [4.69, 9.17) is 0 Å². The minimum absolute atomic E-state index is 0.0543. The number of fused-ring (bicyclic) bond motifs is 1. The van der Waals surface area contributed by atoms with E-state index in [0.29, 0.717) is 36.7 Å². The van der Waals surface area contributed by atoms with Crippen LogP contribution in [0, 0.1) is 18.8 Å². The Bertz CT molecular complexity index is 1290. The van der Waals surface area contributed by atoms with Gasteiger partial charge >= 0.3 is 0 Å². The lowest BCUT2D eigenvalue weighted by molar-refractivity contribution is -0.171. The van der Waals surface area contributed by atoms with Gasteiger partial charge in [-0.1, -0.05) is 19.1 Å². The number of nitrogens with zero attached hydrogens (tertiary/aromatic N) is 2. The fraction of sp³-hybridized carbons (Fsp3) is 0.500. The number of amides is 1. The van der Waals surface area contributed by atoms with E-state index >= 15 is 0 Å². The smallest absolute Gasteiger partial charge is 0.256 e. The summed E-state index contributed by atoms with van der Waals surface area (Å²) in [4.78, 5) is 20.1. The molecule has 0 spiro atoms. The molecule has 1 amide bonds. The third kappa shape index (κ3) is 3.13. The first-order valence-electron chi connectivity index (χ1n) is 12.8. The number of phenols is 2. The normalized spacial score (nSPS) is 31.5. The molecule has 1 aromatic heterocycles. The number of phenolic OH excluding ortho intramolecular Hbond substituents is 2. The molecule has 1 aromatic carbocycles. The van der Waals surface area contributed by atoms with Gasteiger partial charge in [0.15, 0.2) is 11.5 Å². The van der Waals surface area contributed by atoms with Gasteiger partial charge in [0.1, 0.15) is 11.6 Å². The summed E-state index contributed by atoms with van der Waals surface area (Å²) in [5.41, 5.74) is -0.140. The average molecular weight is 492 g/mol. The summed E-state index contributed by atoms with van der Waals surface area (Å²) >= 11 is 0. The van der Waals surface area contributed by atoms with Crippen LogP contribution in [0.4, 0.5) is 5.82 Å². The second-order valence-electron chi connectivity index (χ2n) is 11.2. The number of benzene rings is 1. The topological polar surface area (TPSA) is 126 Å². The van der Waals surface area contributed by atoms with E-state index < -0.39 is 22.8 Å². The van der Waals surface area contributed by atoms with Crippen LogP contribution in [0.3, 0.4) is 0 Å². The quantitative estimate of drug-likeness (QED) is 0.416. The van der Waals surface area contributed by atoms with E-state index in [-0.39, 0.29) is 35.3 Å². The van der Waals surface area contributed by atoms with Gasteiger partial charge in [-0.15, -0.1) is 0 Å². The number of aliphatic hydroxyl groups excluding tert-OH is 1. The molecular formula is C28H33N3O5. The Morgan fingerprint density at radius 3 is 2.72 bits per heavy atom. The maximum atomic E-state index is 13.5. The monoisotopic (exact) mass is 491 g/mol. The Hall–Kier alpha value is -3.10. The number of nitrogens with one attached hydrogen (secondary N) is 1. The van der Waals surface area contributed by atoms with E-state index in [1.54, 1.807) is 12.3 Å². The zero-order valence-corrected chi connectivity index (χ0v) is 20.7. The summed E-state index contributed by atoms with van der Waals surface area (Å²) in [6.07, 6.45) is 4.90. The van der Waals surface area contributed by atoms with Gasteiger partial charge in [-0.3, -0.25) is 9.69 Å². The summed E-state index contributed by atoms with van der Waals surface area (Å²) in [6, 6.07) is 6.66. The molecule has 3 aliphatic carbocycles. The molecule has 8 nitrogen and oxygen atoms in total. The number of aliphatic hydroxyl groups is 2. The molecule has 2 bridgehead atoms. The Balaban J connectivity index is 1.49. The molecule has 2 heterocycles. The zero-order chi connectivity index (χ0) is 25.4. The van der Waals surface area contributed by atoms with E-state index in [0.717, 1.165) is 17.7 Å². The highest BCUT2D eigenvalue weighted by atomic mass is 16.3. The third-order valence-electron chi connectivity index (χ3n) is 9.27. The molecule has 1 saturated heterocycles. The zero-order valence-electron chi connectivity index (χ0n) is 20.7. The molecule has 2 aromatic rings. The van der Waals surface area contributed by atoms with Gasteiger partial charge in [0.05, 0.1) is 11.2 Å². The van der Waals surface area contributed by atoms with E-state index in [2.05, 4.69) is 15.2 Å². The van der Waals surface area contributed by atoms with Gasteiger partial charge in [-0.2, -0.15) is 0 Å². The molecule has 0 radical (unpaired) electrons. The van der Waals surface area contributed by atoms with Crippen molar-refractivity contribution in [2.45, 2.75) is 63.0 Å². The van der Waals surface area contributed by atoms with Crippen LogP contribution in [0.1, 0.15) is 49.3 Å². The SMILES string of the molecule is Cc1cccnc1NC(=O)C1=C(O)[C@H](C)[C@]23CCN(CC4CC4)[C@H](Cc4ccc(O)c(O)c42)[C@]3(O)C1. The van der Waals surface area contributed by atoms with Gasteiger partial charge in [0.2, 0.25) is 0 Å². The summed E-state index contributed by atoms with van der Waals surface area (Å²) < 4.78 is 0. The lowest BCUT2D eigenvalue weighted by Crippen LogP contribution is -2.75. The van der Waals surface area contributed by atoms with Gasteiger partial charge in [-0.05, 0) is 68.3 Å². The highest BCUT2D eigenvalue weighted by molar-refractivity contribution is 6.04. The first-order chi connectivity index (χ1) is 17.2. The molecule has 4 atom stereocenters. The number of anilines is 1. The summed E-state index contributed by atoms with van der Waals surface area (Å²) in [6.45, 7) is 5.26. The molecule has 190 valence electrons. The van der Waals surface area contributed by atoms with Crippen molar-refractivity contribution in [3.8, 4) is 11.5 Å². The molecule has 2 fully saturated rings. The van der Waals surface area contributed by atoms with E-state index in [1.807, 2.05) is 26.0 Å².